The number of carbonyl (C=O) groups is 1. The van der Waals surface area contributed by atoms with E-state index in [1.165, 1.54) is 12.0 Å². The van der Waals surface area contributed by atoms with Gasteiger partial charge in [-0.1, -0.05) is 11.6 Å². The van der Waals surface area contributed by atoms with Gasteiger partial charge in [-0.2, -0.15) is 0 Å². The molecule has 3 nitrogen and oxygen atoms in total. The van der Waals surface area contributed by atoms with Crippen LogP contribution in [0.1, 0.15) is 48.2 Å². The van der Waals surface area contributed by atoms with E-state index in [0.29, 0.717) is 12.4 Å². The Morgan fingerprint density at radius 1 is 1.29 bits per heavy atom. The Morgan fingerprint density at radius 2 is 2.14 bits per heavy atom. The number of carbonyl (C=O) groups excluding carboxylic acids is 1. The van der Waals surface area contributed by atoms with Gasteiger partial charge in [0.2, 0.25) is 5.78 Å². The second kappa shape index (κ2) is 4.70. The molecule has 1 spiro atoms. The number of rotatable bonds is 2. The van der Waals surface area contributed by atoms with Crippen molar-refractivity contribution in [3.63, 3.8) is 0 Å². The van der Waals surface area contributed by atoms with Gasteiger partial charge in [0.25, 0.3) is 0 Å². The molecule has 21 heavy (non-hydrogen) atoms. The van der Waals surface area contributed by atoms with E-state index < -0.39 is 0 Å². The summed E-state index contributed by atoms with van der Waals surface area (Å²) in [7, 11) is 0. The maximum absolute atomic E-state index is 12.7. The highest BCUT2D eigenvalue weighted by atomic mass is 16.5. The summed E-state index contributed by atoms with van der Waals surface area (Å²) in [6.45, 7) is 2.75. The summed E-state index contributed by atoms with van der Waals surface area (Å²) in [5, 5.41) is 1.02. The summed E-state index contributed by atoms with van der Waals surface area (Å²) in [6.07, 6.45) is 5.12. The molecule has 0 amide bonds. The topological polar surface area (TPSA) is 39.4 Å². The Balaban J connectivity index is 1.60. The third kappa shape index (κ3) is 2.20. The van der Waals surface area contributed by atoms with Crippen LogP contribution in [0, 0.1) is 12.8 Å². The predicted octanol–water partition coefficient (Wildman–Crippen LogP) is 4.27. The van der Waals surface area contributed by atoms with Gasteiger partial charge in [-0.05, 0) is 57.2 Å². The van der Waals surface area contributed by atoms with Crippen molar-refractivity contribution in [1.29, 1.82) is 0 Å². The SMILES string of the molecule is Cc1ccc2oc(C(=O)C3CCOC4(CCC4)C3)cc2c1. The van der Waals surface area contributed by atoms with E-state index in [1.807, 2.05) is 25.1 Å². The number of ether oxygens (including phenoxy) is 1. The third-order valence-electron chi connectivity index (χ3n) is 5.04. The number of benzene rings is 1. The molecule has 1 saturated carbocycles. The van der Waals surface area contributed by atoms with Crippen LogP contribution in [0.4, 0.5) is 0 Å². The van der Waals surface area contributed by atoms with Crippen molar-refractivity contribution >= 4 is 16.8 Å². The number of fused-ring (bicyclic) bond motifs is 1. The minimum Gasteiger partial charge on any atom is -0.453 e. The highest BCUT2D eigenvalue weighted by Crippen LogP contribution is 2.45. The van der Waals surface area contributed by atoms with Crippen molar-refractivity contribution in [1.82, 2.24) is 0 Å². The molecule has 2 aromatic rings. The van der Waals surface area contributed by atoms with Crippen LogP contribution in [0.25, 0.3) is 11.0 Å². The average Bonchev–Trinajstić information content (AvgIpc) is 2.88. The van der Waals surface area contributed by atoms with Gasteiger partial charge in [0.1, 0.15) is 5.58 Å². The minimum absolute atomic E-state index is 0.00117. The van der Waals surface area contributed by atoms with Crippen molar-refractivity contribution in [2.45, 2.75) is 44.6 Å². The Morgan fingerprint density at radius 3 is 2.90 bits per heavy atom. The second-order valence-corrected chi connectivity index (χ2v) is 6.59. The van der Waals surface area contributed by atoms with E-state index in [2.05, 4.69) is 6.07 Å². The van der Waals surface area contributed by atoms with Crippen molar-refractivity contribution in [3.05, 3.63) is 35.6 Å². The zero-order valence-electron chi connectivity index (χ0n) is 12.4. The van der Waals surface area contributed by atoms with Crippen LogP contribution < -0.4 is 0 Å². The van der Waals surface area contributed by atoms with Crippen molar-refractivity contribution in [3.8, 4) is 0 Å². The van der Waals surface area contributed by atoms with Crippen LogP contribution in [0.15, 0.2) is 28.7 Å². The summed E-state index contributed by atoms with van der Waals surface area (Å²) < 4.78 is 11.7. The fourth-order valence-electron chi connectivity index (χ4n) is 3.66. The molecule has 1 aliphatic heterocycles. The van der Waals surface area contributed by atoms with E-state index in [9.17, 15) is 4.79 Å². The van der Waals surface area contributed by atoms with Crippen LogP contribution in [0.2, 0.25) is 0 Å². The van der Waals surface area contributed by atoms with Crippen LogP contribution in [-0.4, -0.2) is 18.0 Å². The summed E-state index contributed by atoms with van der Waals surface area (Å²) in [6, 6.07) is 7.91. The number of Topliss-reactive ketones (excluding diaryl/α,β-unsaturated/α-hetero) is 1. The molecular formula is C18H20O3. The highest BCUT2D eigenvalue weighted by Gasteiger charge is 2.44. The van der Waals surface area contributed by atoms with E-state index >= 15 is 0 Å². The molecule has 110 valence electrons. The molecule has 1 saturated heterocycles. The minimum atomic E-state index is 0.00117. The zero-order valence-corrected chi connectivity index (χ0v) is 12.4. The summed E-state index contributed by atoms with van der Waals surface area (Å²) in [5.74, 6) is 0.719. The number of hydrogen-bond donors (Lipinski definition) is 0. The largest absolute Gasteiger partial charge is 0.453 e. The molecule has 2 fully saturated rings. The molecule has 0 N–H and O–H groups in total. The molecule has 4 rings (SSSR count). The van der Waals surface area contributed by atoms with Crippen LogP contribution >= 0.6 is 0 Å². The molecule has 1 atom stereocenters. The van der Waals surface area contributed by atoms with Gasteiger partial charge >= 0.3 is 0 Å². The van der Waals surface area contributed by atoms with Crippen molar-refractivity contribution in [2.75, 3.05) is 6.61 Å². The van der Waals surface area contributed by atoms with E-state index in [1.54, 1.807) is 0 Å². The molecule has 1 aliphatic carbocycles. The van der Waals surface area contributed by atoms with Crippen LogP contribution in [0.3, 0.4) is 0 Å². The first-order valence-corrected chi connectivity index (χ1v) is 7.84. The maximum atomic E-state index is 12.7. The fourth-order valence-corrected chi connectivity index (χ4v) is 3.66. The first-order chi connectivity index (χ1) is 10.2. The standard InChI is InChI=1S/C18H20O3/c1-12-3-4-15-14(9-12)10-16(21-15)17(19)13-5-8-20-18(11-13)6-2-7-18/h3-4,9-10,13H,2,5-8,11H2,1H3. The van der Waals surface area contributed by atoms with Gasteiger partial charge in [-0.25, -0.2) is 0 Å². The van der Waals surface area contributed by atoms with Gasteiger partial charge in [-0.3, -0.25) is 4.79 Å². The van der Waals surface area contributed by atoms with Gasteiger partial charge in [0.15, 0.2) is 5.76 Å². The molecule has 2 heterocycles. The monoisotopic (exact) mass is 284 g/mol. The second-order valence-electron chi connectivity index (χ2n) is 6.59. The number of aryl methyl sites for hydroxylation is 1. The molecule has 0 bridgehead atoms. The van der Waals surface area contributed by atoms with Gasteiger partial charge < -0.3 is 9.15 Å². The lowest BCUT2D eigenvalue weighted by Crippen LogP contribution is -2.47. The van der Waals surface area contributed by atoms with Gasteiger partial charge in [0, 0.05) is 17.9 Å². The molecule has 3 heteroatoms. The van der Waals surface area contributed by atoms with Crippen LogP contribution in [-0.2, 0) is 4.74 Å². The normalized spacial score (nSPS) is 24.1. The smallest absolute Gasteiger partial charge is 0.201 e. The number of hydrogen-bond acceptors (Lipinski definition) is 3. The van der Waals surface area contributed by atoms with Gasteiger partial charge in [0.05, 0.1) is 5.60 Å². The maximum Gasteiger partial charge on any atom is 0.201 e. The summed E-state index contributed by atoms with van der Waals surface area (Å²) in [5.41, 5.74) is 1.98. The van der Waals surface area contributed by atoms with Gasteiger partial charge in [-0.15, -0.1) is 0 Å². The zero-order chi connectivity index (χ0) is 14.4. The highest BCUT2D eigenvalue weighted by molar-refractivity contribution is 5.99. The quantitative estimate of drug-likeness (QED) is 0.773. The molecule has 1 aromatic heterocycles. The predicted molar refractivity (Wildman–Crippen MR) is 80.5 cm³/mol. The van der Waals surface area contributed by atoms with E-state index in [0.717, 1.165) is 36.7 Å². The Hall–Kier alpha value is -1.61. The molecule has 1 unspecified atom stereocenters. The Kier molecular flexibility index (Phi) is 2.93. The van der Waals surface area contributed by atoms with E-state index in [-0.39, 0.29) is 17.3 Å². The third-order valence-corrected chi connectivity index (χ3v) is 5.04. The molecule has 0 radical (unpaired) electrons. The first-order valence-electron chi connectivity index (χ1n) is 7.84. The van der Waals surface area contributed by atoms with Crippen molar-refractivity contribution < 1.29 is 13.9 Å². The number of furan rings is 1. The number of ketones is 1. The van der Waals surface area contributed by atoms with E-state index in [4.69, 9.17) is 9.15 Å². The average molecular weight is 284 g/mol. The lowest BCUT2D eigenvalue weighted by molar-refractivity contribution is -0.137. The lowest BCUT2D eigenvalue weighted by atomic mass is 9.71. The summed E-state index contributed by atoms with van der Waals surface area (Å²) >= 11 is 0. The molecule has 1 aromatic carbocycles. The Bertz CT molecular complexity index is 694. The Labute approximate surface area is 124 Å². The lowest BCUT2D eigenvalue weighted by Gasteiger charge is -2.46. The van der Waals surface area contributed by atoms with Crippen molar-refractivity contribution in [2.24, 2.45) is 5.92 Å². The fraction of sp³-hybridized carbons (Fsp3) is 0.500. The molecular weight excluding hydrogens is 264 g/mol. The first kappa shape index (κ1) is 13.1. The molecule has 2 aliphatic rings. The van der Waals surface area contributed by atoms with Crippen LogP contribution in [0.5, 0.6) is 0 Å². The summed E-state index contributed by atoms with van der Waals surface area (Å²) in [4.78, 5) is 12.7.